The van der Waals surface area contributed by atoms with Crippen molar-refractivity contribution in [2.45, 2.75) is 33.2 Å². The van der Waals surface area contributed by atoms with Gasteiger partial charge in [-0.15, -0.1) is 0 Å². The second-order valence-electron chi connectivity index (χ2n) is 4.64. The minimum atomic E-state index is 0.290. The summed E-state index contributed by atoms with van der Waals surface area (Å²) in [5.74, 6) is 0.655. The normalized spacial score (nSPS) is 13.1. The predicted molar refractivity (Wildman–Crippen MR) is 70.5 cm³/mol. The molecule has 2 nitrogen and oxygen atoms in total. The number of nitrogens with two attached hydrogens (primary N) is 1. The molecule has 1 aromatic carbocycles. The third-order valence-electron chi connectivity index (χ3n) is 2.82. The molecule has 0 aliphatic rings. The van der Waals surface area contributed by atoms with Gasteiger partial charge in [0.1, 0.15) is 0 Å². The zero-order valence-corrected chi connectivity index (χ0v) is 10.7. The molecule has 0 amide bonds. The van der Waals surface area contributed by atoms with E-state index in [1.54, 1.807) is 0 Å². The van der Waals surface area contributed by atoms with Gasteiger partial charge < -0.3 is 11.1 Å². The average Bonchev–Trinajstić information content (AvgIpc) is 2.30. The van der Waals surface area contributed by atoms with E-state index in [1.807, 2.05) is 0 Å². The summed E-state index contributed by atoms with van der Waals surface area (Å²) in [6.45, 7) is 8.29. The number of benzene rings is 1. The maximum absolute atomic E-state index is 5.85. The molecule has 0 bridgehead atoms. The minimum absolute atomic E-state index is 0.290. The van der Waals surface area contributed by atoms with Crippen molar-refractivity contribution < 1.29 is 0 Å². The van der Waals surface area contributed by atoms with Crippen molar-refractivity contribution in [1.82, 2.24) is 5.32 Å². The second kappa shape index (κ2) is 6.66. The van der Waals surface area contributed by atoms with Gasteiger partial charge in [0.15, 0.2) is 0 Å². The maximum atomic E-state index is 5.85. The quantitative estimate of drug-likeness (QED) is 0.773. The van der Waals surface area contributed by atoms with E-state index in [2.05, 4.69) is 50.4 Å². The summed E-state index contributed by atoms with van der Waals surface area (Å²) in [6, 6.07) is 8.85. The van der Waals surface area contributed by atoms with E-state index in [-0.39, 0.29) is 0 Å². The Labute approximate surface area is 99.2 Å². The fourth-order valence-corrected chi connectivity index (χ4v) is 1.89. The molecule has 0 aromatic heterocycles. The summed E-state index contributed by atoms with van der Waals surface area (Å²) in [5.41, 5.74) is 8.60. The highest BCUT2D eigenvalue weighted by molar-refractivity contribution is 5.30. The lowest BCUT2D eigenvalue weighted by Crippen LogP contribution is -2.31. The van der Waals surface area contributed by atoms with Crippen molar-refractivity contribution in [3.8, 4) is 0 Å². The number of nitrogens with one attached hydrogen (secondary N) is 1. The van der Waals surface area contributed by atoms with Crippen LogP contribution >= 0.6 is 0 Å². The Balaban J connectivity index is 2.77. The van der Waals surface area contributed by atoms with Gasteiger partial charge in [-0.3, -0.25) is 0 Å². The Morgan fingerprint density at radius 3 is 2.50 bits per heavy atom. The molecule has 1 atom stereocenters. The van der Waals surface area contributed by atoms with E-state index in [0.29, 0.717) is 18.5 Å². The van der Waals surface area contributed by atoms with Crippen LogP contribution in [0.5, 0.6) is 0 Å². The Kier molecular flexibility index (Phi) is 5.50. The van der Waals surface area contributed by atoms with Crippen LogP contribution in [0.4, 0.5) is 0 Å². The Morgan fingerprint density at radius 2 is 1.94 bits per heavy atom. The van der Waals surface area contributed by atoms with Crippen molar-refractivity contribution in [2.75, 3.05) is 13.1 Å². The van der Waals surface area contributed by atoms with E-state index >= 15 is 0 Å². The molecule has 2 heteroatoms. The smallest absolute Gasteiger partial charge is 0.0447 e. The van der Waals surface area contributed by atoms with Gasteiger partial charge >= 0.3 is 0 Å². The molecular formula is C14H24N2. The molecule has 0 heterocycles. The highest BCUT2D eigenvalue weighted by Crippen LogP contribution is 2.18. The predicted octanol–water partition coefficient (Wildman–Crippen LogP) is 2.49. The molecule has 0 aliphatic heterocycles. The van der Waals surface area contributed by atoms with Crippen LogP contribution in [-0.2, 0) is 6.42 Å². The van der Waals surface area contributed by atoms with Crippen LogP contribution in [0.1, 0.15) is 37.9 Å². The van der Waals surface area contributed by atoms with Crippen molar-refractivity contribution in [3.63, 3.8) is 0 Å². The number of rotatable bonds is 6. The zero-order valence-electron chi connectivity index (χ0n) is 10.7. The standard InChI is InChI=1S/C14H24N2/c1-4-12-7-5-6-8-13(12)14(9-15)16-10-11(2)3/h5-8,11,14,16H,4,9-10,15H2,1-3H3. The average molecular weight is 220 g/mol. The molecule has 0 saturated carbocycles. The van der Waals surface area contributed by atoms with E-state index in [1.165, 1.54) is 11.1 Å². The van der Waals surface area contributed by atoms with E-state index in [9.17, 15) is 0 Å². The molecule has 0 fully saturated rings. The van der Waals surface area contributed by atoms with Gasteiger partial charge in [-0.05, 0) is 30.0 Å². The van der Waals surface area contributed by atoms with Gasteiger partial charge in [0.25, 0.3) is 0 Å². The van der Waals surface area contributed by atoms with Crippen LogP contribution in [0.25, 0.3) is 0 Å². The SMILES string of the molecule is CCc1ccccc1C(CN)NCC(C)C. The number of hydrogen-bond acceptors (Lipinski definition) is 2. The van der Waals surface area contributed by atoms with Crippen molar-refractivity contribution in [1.29, 1.82) is 0 Å². The summed E-state index contributed by atoms with van der Waals surface area (Å²) >= 11 is 0. The molecular weight excluding hydrogens is 196 g/mol. The lowest BCUT2D eigenvalue weighted by Gasteiger charge is -2.21. The van der Waals surface area contributed by atoms with Gasteiger partial charge in [0.2, 0.25) is 0 Å². The van der Waals surface area contributed by atoms with Gasteiger partial charge in [0.05, 0.1) is 0 Å². The Hall–Kier alpha value is -0.860. The number of aryl methyl sites for hydroxylation is 1. The molecule has 1 rings (SSSR count). The van der Waals surface area contributed by atoms with Crippen molar-refractivity contribution >= 4 is 0 Å². The fraction of sp³-hybridized carbons (Fsp3) is 0.571. The highest BCUT2D eigenvalue weighted by Gasteiger charge is 2.12. The summed E-state index contributed by atoms with van der Waals surface area (Å²) in [4.78, 5) is 0. The molecule has 1 aromatic rings. The fourth-order valence-electron chi connectivity index (χ4n) is 1.89. The minimum Gasteiger partial charge on any atom is -0.329 e. The van der Waals surface area contributed by atoms with Crippen LogP contribution < -0.4 is 11.1 Å². The number of hydrogen-bond donors (Lipinski definition) is 2. The van der Waals surface area contributed by atoms with E-state index in [4.69, 9.17) is 5.73 Å². The first-order valence-corrected chi connectivity index (χ1v) is 6.20. The highest BCUT2D eigenvalue weighted by atomic mass is 14.9. The largest absolute Gasteiger partial charge is 0.329 e. The monoisotopic (exact) mass is 220 g/mol. The van der Waals surface area contributed by atoms with Crippen molar-refractivity contribution in [2.24, 2.45) is 11.7 Å². The Bertz CT molecular complexity index is 307. The van der Waals surface area contributed by atoms with E-state index in [0.717, 1.165) is 13.0 Å². The molecule has 16 heavy (non-hydrogen) atoms. The first-order chi connectivity index (χ1) is 7.69. The summed E-state index contributed by atoms with van der Waals surface area (Å²) in [7, 11) is 0. The third-order valence-corrected chi connectivity index (χ3v) is 2.82. The first-order valence-electron chi connectivity index (χ1n) is 6.20. The van der Waals surface area contributed by atoms with E-state index < -0.39 is 0 Å². The van der Waals surface area contributed by atoms with Crippen LogP contribution in [0.15, 0.2) is 24.3 Å². The Morgan fingerprint density at radius 1 is 1.25 bits per heavy atom. The van der Waals surface area contributed by atoms with Crippen LogP contribution in [-0.4, -0.2) is 13.1 Å². The molecule has 3 N–H and O–H groups in total. The molecule has 1 unspecified atom stereocenters. The second-order valence-corrected chi connectivity index (χ2v) is 4.64. The summed E-state index contributed by atoms with van der Waals surface area (Å²) in [6.07, 6.45) is 1.07. The topological polar surface area (TPSA) is 38.0 Å². The third kappa shape index (κ3) is 3.62. The zero-order chi connectivity index (χ0) is 12.0. The van der Waals surface area contributed by atoms with Crippen molar-refractivity contribution in [3.05, 3.63) is 35.4 Å². The molecule has 0 spiro atoms. The van der Waals surface area contributed by atoms with Crippen LogP contribution in [0.2, 0.25) is 0 Å². The van der Waals surface area contributed by atoms with Gasteiger partial charge in [0, 0.05) is 12.6 Å². The van der Waals surface area contributed by atoms with Crippen LogP contribution in [0.3, 0.4) is 0 Å². The summed E-state index contributed by atoms with van der Waals surface area (Å²) < 4.78 is 0. The van der Waals surface area contributed by atoms with Gasteiger partial charge in [-0.2, -0.15) is 0 Å². The first kappa shape index (κ1) is 13.2. The molecule has 0 radical (unpaired) electrons. The van der Waals surface area contributed by atoms with Gasteiger partial charge in [-0.25, -0.2) is 0 Å². The maximum Gasteiger partial charge on any atom is 0.0447 e. The lowest BCUT2D eigenvalue weighted by molar-refractivity contribution is 0.477. The molecule has 0 saturated heterocycles. The van der Waals surface area contributed by atoms with Crippen LogP contribution in [0, 0.1) is 5.92 Å². The van der Waals surface area contributed by atoms with Gasteiger partial charge in [-0.1, -0.05) is 45.0 Å². The molecule has 90 valence electrons. The molecule has 0 aliphatic carbocycles. The lowest BCUT2D eigenvalue weighted by atomic mass is 9.98. The summed E-state index contributed by atoms with van der Waals surface area (Å²) in [5, 5.41) is 3.53.